The highest BCUT2D eigenvalue weighted by molar-refractivity contribution is 7.89. The van der Waals surface area contributed by atoms with E-state index in [1.165, 1.54) is 4.31 Å². The van der Waals surface area contributed by atoms with E-state index in [4.69, 9.17) is 4.84 Å². The number of rotatable bonds is 3. The molecule has 1 heterocycles. The Balaban J connectivity index is 2.12. The molecule has 2 rings (SSSR count). The number of aryl methyl sites for hydroxylation is 1. The highest BCUT2D eigenvalue weighted by atomic mass is 32.2. The number of piperidine rings is 1. The van der Waals surface area contributed by atoms with Gasteiger partial charge in [-0.2, -0.15) is 4.31 Å². The Morgan fingerprint density at radius 3 is 2.42 bits per heavy atom. The molecule has 1 saturated heterocycles. The van der Waals surface area contributed by atoms with Crippen LogP contribution in [-0.4, -0.2) is 37.5 Å². The third kappa shape index (κ3) is 4.42. The Morgan fingerprint density at radius 1 is 1.21 bits per heavy atom. The van der Waals surface area contributed by atoms with Gasteiger partial charge in [-0.05, 0) is 52.7 Å². The zero-order valence-corrected chi connectivity index (χ0v) is 15.4. The van der Waals surface area contributed by atoms with Crippen molar-refractivity contribution in [3.63, 3.8) is 0 Å². The first-order valence-electron chi connectivity index (χ1n) is 7.95. The predicted molar refractivity (Wildman–Crippen MR) is 92.2 cm³/mol. The number of sulfonamides is 1. The Kier molecular flexibility index (Phi) is 5.45. The molecule has 0 bridgehead atoms. The lowest BCUT2D eigenvalue weighted by molar-refractivity contribution is -0.153. The second kappa shape index (κ2) is 7.03. The summed E-state index contributed by atoms with van der Waals surface area (Å²) >= 11 is 0. The first-order valence-corrected chi connectivity index (χ1v) is 9.39. The van der Waals surface area contributed by atoms with Gasteiger partial charge in [-0.15, -0.1) is 0 Å². The molecule has 0 aromatic heterocycles. The normalized spacial score (nSPS) is 18.6. The minimum Gasteiger partial charge on any atom is -0.318 e. The van der Waals surface area contributed by atoms with E-state index in [1.807, 2.05) is 6.92 Å². The molecule has 24 heavy (non-hydrogen) atoms. The van der Waals surface area contributed by atoms with Gasteiger partial charge in [0.2, 0.25) is 10.0 Å². The van der Waals surface area contributed by atoms with Crippen molar-refractivity contribution in [2.24, 2.45) is 10.6 Å². The molecule has 1 aromatic rings. The summed E-state index contributed by atoms with van der Waals surface area (Å²) in [4.78, 5) is 17.0. The first-order chi connectivity index (χ1) is 11.1. The highest BCUT2D eigenvalue weighted by Crippen LogP contribution is 2.21. The highest BCUT2D eigenvalue weighted by Gasteiger charge is 2.29. The van der Waals surface area contributed by atoms with Gasteiger partial charge in [-0.1, -0.05) is 22.9 Å². The summed E-state index contributed by atoms with van der Waals surface area (Å²) in [6.07, 6.45) is 1.27. The number of hydrogen-bond acceptors (Lipinski definition) is 5. The summed E-state index contributed by atoms with van der Waals surface area (Å²) in [5.74, 6) is -0.437. The number of oxime groups is 1. The van der Waals surface area contributed by atoms with E-state index >= 15 is 0 Å². The second-order valence-electron chi connectivity index (χ2n) is 7.04. The lowest BCUT2D eigenvalue weighted by Crippen LogP contribution is -2.40. The minimum absolute atomic E-state index is 0.146. The smallest absolute Gasteiger partial charge is 0.318 e. The molecule has 0 aliphatic carbocycles. The maximum absolute atomic E-state index is 12.7. The summed E-state index contributed by atoms with van der Waals surface area (Å²) in [5.41, 5.74) is 0.922. The standard InChI is InChI=1S/C17H24N2O4S/c1-13-7-9-15(10-8-13)24(21,22)19-11-5-6-14(12-19)18-23-16(20)17(2,3)4/h7-10H,5-6,11-12H2,1-4H3/b18-14+. The number of nitrogens with zero attached hydrogens (tertiary/aromatic N) is 2. The summed E-state index contributed by atoms with van der Waals surface area (Å²) in [6, 6.07) is 6.76. The van der Waals surface area contributed by atoms with Crippen molar-refractivity contribution < 1.29 is 18.0 Å². The largest absolute Gasteiger partial charge is 0.340 e. The molecule has 1 aliphatic rings. The third-order valence-corrected chi connectivity index (χ3v) is 5.62. The Hall–Kier alpha value is -1.73. The molecule has 0 spiro atoms. The quantitative estimate of drug-likeness (QED) is 0.619. The average molecular weight is 352 g/mol. The SMILES string of the molecule is Cc1ccc(S(=O)(=O)N2CCC/C(=N\OC(=O)C(C)(C)C)C2)cc1. The van der Waals surface area contributed by atoms with E-state index in [0.717, 1.165) is 5.56 Å². The summed E-state index contributed by atoms with van der Waals surface area (Å²) < 4.78 is 26.8. The molecule has 0 amide bonds. The van der Waals surface area contributed by atoms with E-state index in [-0.39, 0.29) is 11.4 Å². The van der Waals surface area contributed by atoms with Crippen molar-refractivity contribution in [1.29, 1.82) is 0 Å². The van der Waals surface area contributed by atoms with E-state index in [9.17, 15) is 13.2 Å². The molecule has 0 radical (unpaired) electrons. The fourth-order valence-corrected chi connectivity index (χ4v) is 3.67. The number of carbonyl (C=O) groups is 1. The van der Waals surface area contributed by atoms with Crippen LogP contribution >= 0.6 is 0 Å². The van der Waals surface area contributed by atoms with Crippen LogP contribution in [0.15, 0.2) is 34.3 Å². The average Bonchev–Trinajstić information content (AvgIpc) is 2.52. The van der Waals surface area contributed by atoms with Gasteiger partial charge in [-0.25, -0.2) is 13.2 Å². The first kappa shape index (κ1) is 18.6. The fraction of sp³-hybridized carbons (Fsp3) is 0.529. The van der Waals surface area contributed by atoms with Gasteiger partial charge >= 0.3 is 5.97 Å². The topological polar surface area (TPSA) is 76.0 Å². The lowest BCUT2D eigenvalue weighted by Gasteiger charge is -2.27. The van der Waals surface area contributed by atoms with Crippen molar-refractivity contribution in [3.05, 3.63) is 29.8 Å². The van der Waals surface area contributed by atoms with Crippen LogP contribution < -0.4 is 0 Å². The van der Waals surface area contributed by atoms with Gasteiger partial charge in [0.05, 0.1) is 22.6 Å². The molecular weight excluding hydrogens is 328 g/mol. The van der Waals surface area contributed by atoms with Crippen LogP contribution in [0.4, 0.5) is 0 Å². The van der Waals surface area contributed by atoms with Crippen LogP contribution in [0.2, 0.25) is 0 Å². The predicted octanol–water partition coefficient (Wildman–Crippen LogP) is 2.72. The third-order valence-electron chi connectivity index (χ3n) is 3.76. The zero-order valence-electron chi connectivity index (χ0n) is 14.6. The van der Waals surface area contributed by atoms with E-state index in [1.54, 1.807) is 45.0 Å². The number of carbonyl (C=O) groups excluding carboxylic acids is 1. The second-order valence-corrected chi connectivity index (χ2v) is 8.98. The Morgan fingerprint density at radius 2 is 1.83 bits per heavy atom. The lowest BCUT2D eigenvalue weighted by atomic mass is 9.98. The van der Waals surface area contributed by atoms with Crippen molar-refractivity contribution >= 4 is 21.7 Å². The van der Waals surface area contributed by atoms with Gasteiger partial charge in [0, 0.05) is 6.54 Å². The molecule has 1 fully saturated rings. The summed E-state index contributed by atoms with van der Waals surface area (Å²) in [5, 5.41) is 3.88. The maximum Gasteiger partial charge on any atom is 0.340 e. The van der Waals surface area contributed by atoms with Gasteiger partial charge < -0.3 is 4.84 Å². The van der Waals surface area contributed by atoms with Crippen LogP contribution in [0.1, 0.15) is 39.2 Å². The van der Waals surface area contributed by atoms with Gasteiger partial charge in [0.15, 0.2) is 0 Å². The Labute approximate surface area is 143 Å². The van der Waals surface area contributed by atoms with Gasteiger partial charge in [0.1, 0.15) is 0 Å². The van der Waals surface area contributed by atoms with Crippen LogP contribution in [0.5, 0.6) is 0 Å². The summed E-state index contributed by atoms with van der Waals surface area (Å²) in [6.45, 7) is 7.71. The molecule has 132 valence electrons. The van der Waals surface area contributed by atoms with Crippen LogP contribution in [0, 0.1) is 12.3 Å². The molecule has 6 nitrogen and oxygen atoms in total. The number of benzene rings is 1. The summed E-state index contributed by atoms with van der Waals surface area (Å²) in [7, 11) is -3.57. The van der Waals surface area contributed by atoms with Crippen molar-refractivity contribution in [2.45, 2.75) is 45.4 Å². The molecule has 0 atom stereocenters. The monoisotopic (exact) mass is 352 g/mol. The zero-order chi connectivity index (χ0) is 18.0. The minimum atomic E-state index is -3.57. The maximum atomic E-state index is 12.7. The van der Waals surface area contributed by atoms with E-state index < -0.39 is 21.4 Å². The molecule has 1 aliphatic heterocycles. The molecule has 7 heteroatoms. The van der Waals surface area contributed by atoms with E-state index in [0.29, 0.717) is 25.1 Å². The van der Waals surface area contributed by atoms with E-state index in [2.05, 4.69) is 5.16 Å². The van der Waals surface area contributed by atoms with Crippen molar-refractivity contribution in [3.8, 4) is 0 Å². The Bertz CT molecular complexity index is 731. The van der Waals surface area contributed by atoms with Crippen LogP contribution in [0.25, 0.3) is 0 Å². The molecule has 1 aromatic carbocycles. The van der Waals surface area contributed by atoms with Crippen molar-refractivity contribution in [1.82, 2.24) is 4.31 Å². The molecular formula is C17H24N2O4S. The number of hydrogen-bond donors (Lipinski definition) is 0. The molecule has 0 N–H and O–H groups in total. The van der Waals surface area contributed by atoms with Crippen molar-refractivity contribution in [2.75, 3.05) is 13.1 Å². The van der Waals surface area contributed by atoms with Gasteiger partial charge in [0.25, 0.3) is 0 Å². The molecule has 0 saturated carbocycles. The molecule has 0 unspecified atom stereocenters. The fourth-order valence-electron chi connectivity index (χ4n) is 2.20. The van der Waals surface area contributed by atoms with Gasteiger partial charge in [-0.3, -0.25) is 0 Å². The van der Waals surface area contributed by atoms with Crippen LogP contribution in [-0.2, 0) is 19.7 Å². The van der Waals surface area contributed by atoms with Crippen LogP contribution in [0.3, 0.4) is 0 Å².